The molecule has 0 bridgehead atoms. The molecule has 0 aliphatic carbocycles. The van der Waals surface area contributed by atoms with Gasteiger partial charge in [-0.15, -0.1) is 0 Å². The molecule has 1 rings (SSSR count). The van der Waals surface area contributed by atoms with Gasteiger partial charge in [-0.2, -0.15) is 0 Å². The maximum atomic E-state index is 12.0. The third-order valence-electron chi connectivity index (χ3n) is 2.59. The fourth-order valence-corrected chi connectivity index (χ4v) is 3.49. The van der Waals surface area contributed by atoms with Gasteiger partial charge in [0, 0.05) is 6.54 Å². The molecule has 7 heteroatoms. The Bertz CT molecular complexity index is 509. The molecule has 1 aromatic carbocycles. The van der Waals surface area contributed by atoms with E-state index in [9.17, 15) is 13.5 Å². The molecule has 0 radical (unpaired) electrons. The first-order chi connectivity index (χ1) is 8.19. The van der Waals surface area contributed by atoms with Crippen LogP contribution in [0.15, 0.2) is 23.1 Å². The summed E-state index contributed by atoms with van der Waals surface area (Å²) >= 11 is 11.7. The van der Waals surface area contributed by atoms with Crippen LogP contribution in [0.3, 0.4) is 0 Å². The maximum absolute atomic E-state index is 12.0. The Labute approximate surface area is 117 Å². The number of rotatable bonds is 5. The van der Waals surface area contributed by atoms with Gasteiger partial charge in [0.15, 0.2) is 0 Å². The van der Waals surface area contributed by atoms with Crippen molar-refractivity contribution in [2.75, 3.05) is 6.54 Å². The summed E-state index contributed by atoms with van der Waals surface area (Å²) in [7, 11) is -3.84. The van der Waals surface area contributed by atoms with Gasteiger partial charge in [-0.25, -0.2) is 13.1 Å². The zero-order valence-electron chi connectivity index (χ0n) is 10.1. The Kier molecular flexibility index (Phi) is 5.03. The molecular formula is C11H15Cl2NO3S. The van der Waals surface area contributed by atoms with E-state index in [0.29, 0.717) is 6.42 Å². The lowest BCUT2D eigenvalue weighted by Crippen LogP contribution is -2.40. The van der Waals surface area contributed by atoms with Crippen LogP contribution in [-0.4, -0.2) is 25.7 Å². The second-order valence-electron chi connectivity index (χ2n) is 4.23. The van der Waals surface area contributed by atoms with Crippen LogP contribution in [-0.2, 0) is 10.0 Å². The number of hydrogen-bond donors (Lipinski definition) is 2. The van der Waals surface area contributed by atoms with Crippen molar-refractivity contribution in [2.45, 2.75) is 30.8 Å². The molecule has 0 saturated heterocycles. The molecule has 0 fully saturated rings. The quantitative estimate of drug-likeness (QED) is 0.877. The van der Waals surface area contributed by atoms with Crippen LogP contribution in [0.5, 0.6) is 0 Å². The smallest absolute Gasteiger partial charge is 0.243 e. The monoisotopic (exact) mass is 311 g/mol. The van der Waals surface area contributed by atoms with E-state index in [1.54, 1.807) is 19.9 Å². The zero-order valence-corrected chi connectivity index (χ0v) is 12.4. The number of aliphatic hydroxyl groups is 1. The van der Waals surface area contributed by atoms with Gasteiger partial charge in [0.2, 0.25) is 10.0 Å². The summed E-state index contributed by atoms with van der Waals surface area (Å²) in [5.41, 5.74) is -1.11. The highest BCUT2D eigenvalue weighted by atomic mass is 35.5. The number of sulfonamides is 1. The second kappa shape index (κ2) is 5.75. The Hall–Kier alpha value is -0.330. The van der Waals surface area contributed by atoms with Gasteiger partial charge < -0.3 is 5.11 Å². The van der Waals surface area contributed by atoms with E-state index in [4.69, 9.17) is 23.2 Å². The lowest BCUT2D eigenvalue weighted by atomic mass is 10.1. The summed E-state index contributed by atoms with van der Waals surface area (Å²) in [6.45, 7) is 3.20. The van der Waals surface area contributed by atoms with Crippen molar-refractivity contribution in [1.82, 2.24) is 4.72 Å². The topological polar surface area (TPSA) is 66.4 Å². The molecule has 1 unspecified atom stereocenters. The van der Waals surface area contributed by atoms with Crippen LogP contribution in [0.25, 0.3) is 0 Å². The molecule has 0 heterocycles. The third kappa shape index (κ3) is 3.83. The molecule has 0 spiro atoms. The zero-order chi connectivity index (χ0) is 14.0. The van der Waals surface area contributed by atoms with Crippen LogP contribution in [0.2, 0.25) is 10.0 Å². The number of halogens is 2. The largest absolute Gasteiger partial charge is 0.389 e. The van der Waals surface area contributed by atoms with E-state index < -0.39 is 15.6 Å². The van der Waals surface area contributed by atoms with E-state index in [1.807, 2.05) is 0 Å². The first-order valence-electron chi connectivity index (χ1n) is 5.35. The van der Waals surface area contributed by atoms with E-state index in [0.717, 1.165) is 0 Å². The molecule has 102 valence electrons. The van der Waals surface area contributed by atoms with E-state index >= 15 is 0 Å². The normalized spacial score (nSPS) is 15.4. The Morgan fingerprint density at radius 3 is 2.28 bits per heavy atom. The van der Waals surface area contributed by atoms with Gasteiger partial charge in [-0.05, 0) is 25.5 Å². The lowest BCUT2D eigenvalue weighted by molar-refractivity contribution is 0.0613. The second-order valence-corrected chi connectivity index (χ2v) is 6.74. The average Bonchev–Trinajstić information content (AvgIpc) is 2.26. The fraction of sp³-hybridized carbons (Fsp3) is 0.455. The summed E-state index contributed by atoms with van der Waals surface area (Å²) in [5, 5.41) is 9.87. The van der Waals surface area contributed by atoms with Crippen molar-refractivity contribution in [2.24, 2.45) is 0 Å². The van der Waals surface area contributed by atoms with E-state index in [1.165, 1.54) is 12.1 Å². The minimum Gasteiger partial charge on any atom is -0.389 e. The molecule has 1 aromatic rings. The first-order valence-corrected chi connectivity index (χ1v) is 7.59. The third-order valence-corrected chi connectivity index (χ3v) is 4.95. The minimum absolute atomic E-state index is 0.0474. The van der Waals surface area contributed by atoms with Crippen molar-refractivity contribution in [3.8, 4) is 0 Å². The van der Waals surface area contributed by atoms with Crippen LogP contribution in [0.4, 0.5) is 0 Å². The van der Waals surface area contributed by atoms with Gasteiger partial charge in [0.05, 0.1) is 15.6 Å². The van der Waals surface area contributed by atoms with Crippen molar-refractivity contribution < 1.29 is 13.5 Å². The summed E-state index contributed by atoms with van der Waals surface area (Å²) in [5.74, 6) is 0. The lowest BCUT2D eigenvalue weighted by Gasteiger charge is -2.21. The summed E-state index contributed by atoms with van der Waals surface area (Å²) < 4.78 is 26.4. The molecule has 18 heavy (non-hydrogen) atoms. The molecule has 0 amide bonds. The Balaban J connectivity index is 3.01. The fourth-order valence-electron chi connectivity index (χ4n) is 1.19. The standard InChI is InChI=1S/C11H15Cl2NO3S/c1-3-11(2,15)7-14-18(16,17)10-8(12)5-4-6-9(10)13/h4-6,14-15H,3,7H2,1-2H3. The van der Waals surface area contributed by atoms with Crippen molar-refractivity contribution in [3.05, 3.63) is 28.2 Å². The number of benzene rings is 1. The number of hydrogen-bond acceptors (Lipinski definition) is 3. The summed E-state index contributed by atoms with van der Waals surface area (Å²) in [6.07, 6.45) is 0.422. The molecule has 0 aliphatic heterocycles. The van der Waals surface area contributed by atoms with E-state index in [-0.39, 0.29) is 21.5 Å². The van der Waals surface area contributed by atoms with E-state index in [2.05, 4.69) is 4.72 Å². The van der Waals surface area contributed by atoms with Crippen LogP contribution >= 0.6 is 23.2 Å². The predicted molar refractivity (Wildman–Crippen MR) is 72.6 cm³/mol. The van der Waals surface area contributed by atoms with Crippen molar-refractivity contribution >= 4 is 33.2 Å². The van der Waals surface area contributed by atoms with Crippen molar-refractivity contribution in [3.63, 3.8) is 0 Å². The van der Waals surface area contributed by atoms with Gasteiger partial charge in [-0.1, -0.05) is 36.2 Å². The SMILES string of the molecule is CCC(C)(O)CNS(=O)(=O)c1c(Cl)cccc1Cl. The highest BCUT2D eigenvalue weighted by molar-refractivity contribution is 7.89. The maximum Gasteiger partial charge on any atom is 0.243 e. The highest BCUT2D eigenvalue weighted by Crippen LogP contribution is 2.28. The van der Waals surface area contributed by atoms with Gasteiger partial charge >= 0.3 is 0 Å². The number of nitrogens with one attached hydrogen (secondary N) is 1. The van der Waals surface area contributed by atoms with Gasteiger partial charge in [0.1, 0.15) is 4.90 Å². The molecule has 2 N–H and O–H groups in total. The molecular weight excluding hydrogens is 297 g/mol. The predicted octanol–water partition coefficient (Wildman–Crippen LogP) is 2.43. The van der Waals surface area contributed by atoms with Crippen molar-refractivity contribution in [1.29, 1.82) is 0 Å². The minimum atomic E-state index is -3.84. The van der Waals surface area contributed by atoms with Crippen LogP contribution < -0.4 is 4.72 Å². The summed E-state index contributed by atoms with van der Waals surface area (Å²) in [6, 6.07) is 4.45. The molecule has 0 aromatic heterocycles. The van der Waals surface area contributed by atoms with Gasteiger partial charge in [-0.3, -0.25) is 0 Å². The average molecular weight is 312 g/mol. The summed E-state index contributed by atoms with van der Waals surface area (Å²) in [4.78, 5) is -0.166. The molecule has 4 nitrogen and oxygen atoms in total. The van der Waals surface area contributed by atoms with Gasteiger partial charge in [0.25, 0.3) is 0 Å². The Morgan fingerprint density at radius 1 is 1.33 bits per heavy atom. The van der Waals surface area contributed by atoms with Crippen LogP contribution in [0.1, 0.15) is 20.3 Å². The molecule has 1 atom stereocenters. The Morgan fingerprint density at radius 2 is 1.83 bits per heavy atom. The molecule has 0 saturated carbocycles. The highest BCUT2D eigenvalue weighted by Gasteiger charge is 2.25. The molecule has 0 aliphatic rings. The first kappa shape index (κ1) is 15.7. The van der Waals surface area contributed by atoms with Crippen LogP contribution in [0, 0.1) is 0 Å².